The number of nitrogens with zero attached hydrogens (tertiary/aromatic N) is 1. The van der Waals surface area contributed by atoms with Crippen molar-refractivity contribution in [3.63, 3.8) is 0 Å². The van der Waals surface area contributed by atoms with Crippen molar-refractivity contribution in [1.29, 1.82) is 0 Å². The zero-order valence-electron chi connectivity index (χ0n) is 4.96. The molecule has 0 saturated heterocycles. The minimum absolute atomic E-state index is 0.489. The van der Waals surface area contributed by atoms with Gasteiger partial charge in [0.1, 0.15) is 6.61 Å². The fourth-order valence-electron chi connectivity index (χ4n) is 0.226. The van der Waals surface area contributed by atoms with Crippen LogP contribution in [0.15, 0.2) is 5.16 Å². The maximum absolute atomic E-state index is 4.67. The molecule has 0 saturated carbocycles. The molecular weight excluding hydrogens is 106 g/mol. The molecule has 0 bridgehead atoms. The Morgan fingerprint density at radius 3 is 2.88 bits per heavy atom. The molecule has 0 aliphatic heterocycles. The van der Waals surface area contributed by atoms with Crippen molar-refractivity contribution in [2.24, 2.45) is 5.16 Å². The molecule has 0 aromatic heterocycles. The average molecular weight is 116 g/mol. The van der Waals surface area contributed by atoms with Gasteiger partial charge in [-0.2, -0.15) is 0 Å². The summed E-state index contributed by atoms with van der Waals surface area (Å²) in [6.07, 6.45) is 1.34. The van der Waals surface area contributed by atoms with E-state index < -0.39 is 0 Å². The van der Waals surface area contributed by atoms with Gasteiger partial charge in [0.2, 0.25) is 0 Å². The third kappa shape index (κ3) is 5.43. The minimum atomic E-state index is 0.489. The van der Waals surface area contributed by atoms with Crippen LogP contribution in [0.1, 0.15) is 0 Å². The molecule has 3 heteroatoms. The van der Waals surface area contributed by atoms with Crippen LogP contribution in [-0.2, 0) is 9.57 Å². The smallest absolute Gasteiger partial charge is 0.140 e. The molecule has 8 heavy (non-hydrogen) atoms. The van der Waals surface area contributed by atoms with Gasteiger partial charge >= 0.3 is 0 Å². The van der Waals surface area contributed by atoms with Crippen molar-refractivity contribution in [2.75, 3.05) is 20.3 Å². The predicted octanol–water partition coefficient (Wildman–Crippen LogP) is 0.469. The van der Waals surface area contributed by atoms with E-state index in [1.165, 1.54) is 6.21 Å². The van der Waals surface area contributed by atoms with E-state index in [4.69, 9.17) is 0 Å². The predicted molar refractivity (Wildman–Crippen MR) is 31.7 cm³/mol. The molecule has 0 heterocycles. The molecule has 0 aliphatic carbocycles. The van der Waals surface area contributed by atoms with Crippen molar-refractivity contribution in [2.45, 2.75) is 0 Å². The van der Waals surface area contributed by atoms with Gasteiger partial charge < -0.3 is 9.57 Å². The zero-order valence-corrected chi connectivity index (χ0v) is 4.96. The van der Waals surface area contributed by atoms with Gasteiger partial charge in [-0.15, -0.1) is 0 Å². The summed E-state index contributed by atoms with van der Waals surface area (Å²) in [6, 6.07) is 0. The van der Waals surface area contributed by atoms with E-state index in [0.29, 0.717) is 13.2 Å². The number of oxime groups is 1. The van der Waals surface area contributed by atoms with E-state index in [1.54, 1.807) is 7.11 Å². The van der Waals surface area contributed by atoms with Crippen LogP contribution in [0.3, 0.4) is 0 Å². The molecule has 0 amide bonds. The summed E-state index contributed by atoms with van der Waals surface area (Å²) in [6.45, 7) is 4.38. The summed E-state index contributed by atoms with van der Waals surface area (Å²) >= 11 is 0. The first-order valence-electron chi connectivity index (χ1n) is 2.33. The lowest BCUT2D eigenvalue weighted by Crippen LogP contribution is -1.96. The quantitative estimate of drug-likeness (QED) is 0.303. The first-order valence-corrected chi connectivity index (χ1v) is 2.33. The van der Waals surface area contributed by atoms with Crippen molar-refractivity contribution in [3.8, 4) is 0 Å². The Labute approximate surface area is 49.3 Å². The van der Waals surface area contributed by atoms with Crippen molar-refractivity contribution in [3.05, 3.63) is 6.92 Å². The van der Waals surface area contributed by atoms with Gasteiger partial charge in [0.25, 0.3) is 0 Å². The Hall–Kier alpha value is -0.570. The molecule has 0 spiro atoms. The van der Waals surface area contributed by atoms with E-state index in [0.717, 1.165) is 0 Å². The normalized spacial score (nSPS) is 10.2. The van der Waals surface area contributed by atoms with Crippen molar-refractivity contribution in [1.82, 2.24) is 0 Å². The Morgan fingerprint density at radius 2 is 2.38 bits per heavy atom. The first kappa shape index (κ1) is 7.43. The highest BCUT2D eigenvalue weighted by atomic mass is 16.6. The third-order valence-corrected chi connectivity index (χ3v) is 0.528. The molecule has 3 nitrogen and oxygen atoms in total. The van der Waals surface area contributed by atoms with Gasteiger partial charge in [-0.25, -0.2) is 0 Å². The van der Waals surface area contributed by atoms with Gasteiger partial charge in [-0.1, -0.05) is 5.16 Å². The summed E-state index contributed by atoms with van der Waals surface area (Å²) in [5, 5.41) is 3.39. The first-order chi connectivity index (χ1) is 3.91. The highest BCUT2D eigenvalue weighted by Crippen LogP contribution is 1.73. The van der Waals surface area contributed by atoms with Crippen LogP contribution in [0.25, 0.3) is 0 Å². The Morgan fingerprint density at radius 1 is 1.62 bits per heavy atom. The largest absolute Gasteiger partial charge is 0.394 e. The van der Waals surface area contributed by atoms with Gasteiger partial charge in [-0.3, -0.25) is 0 Å². The molecule has 0 atom stereocenters. The molecular formula is C5H10NO2. The number of hydrogen-bond acceptors (Lipinski definition) is 3. The Bertz CT molecular complexity index is 63.4. The molecule has 0 fully saturated rings. The second-order valence-electron chi connectivity index (χ2n) is 1.11. The fourth-order valence-corrected chi connectivity index (χ4v) is 0.226. The second-order valence-corrected chi connectivity index (χ2v) is 1.11. The van der Waals surface area contributed by atoms with E-state index in [2.05, 4.69) is 21.7 Å². The minimum Gasteiger partial charge on any atom is -0.394 e. The maximum Gasteiger partial charge on any atom is 0.140 e. The number of methoxy groups -OCH3 is 1. The van der Waals surface area contributed by atoms with E-state index in [9.17, 15) is 0 Å². The van der Waals surface area contributed by atoms with Crippen LogP contribution in [-0.4, -0.2) is 26.5 Å². The van der Waals surface area contributed by atoms with E-state index >= 15 is 0 Å². The van der Waals surface area contributed by atoms with Crippen molar-refractivity contribution >= 4 is 6.21 Å². The van der Waals surface area contributed by atoms with Crippen LogP contribution in [0.5, 0.6) is 0 Å². The molecule has 1 radical (unpaired) electrons. The SMILES string of the molecule is [CH2]C=NOCCOC. The second kappa shape index (κ2) is 6.43. The van der Waals surface area contributed by atoms with E-state index in [1.807, 2.05) is 0 Å². The third-order valence-electron chi connectivity index (χ3n) is 0.528. The lowest BCUT2D eigenvalue weighted by Gasteiger charge is -1.94. The van der Waals surface area contributed by atoms with Gasteiger partial charge in [-0.05, 0) is 6.92 Å². The maximum atomic E-state index is 4.67. The molecule has 0 rings (SSSR count). The Balaban J connectivity index is 2.72. The van der Waals surface area contributed by atoms with Crippen LogP contribution in [0.2, 0.25) is 0 Å². The molecule has 0 N–H and O–H groups in total. The van der Waals surface area contributed by atoms with Gasteiger partial charge in [0.15, 0.2) is 0 Å². The summed E-state index contributed by atoms with van der Waals surface area (Å²) in [5.41, 5.74) is 0. The topological polar surface area (TPSA) is 30.8 Å². The van der Waals surface area contributed by atoms with Crippen LogP contribution in [0.4, 0.5) is 0 Å². The summed E-state index contributed by atoms with van der Waals surface area (Å²) in [5.74, 6) is 0. The molecule has 47 valence electrons. The van der Waals surface area contributed by atoms with Gasteiger partial charge in [0.05, 0.1) is 6.61 Å². The lowest BCUT2D eigenvalue weighted by molar-refractivity contribution is 0.0760. The van der Waals surface area contributed by atoms with Crippen molar-refractivity contribution < 1.29 is 9.57 Å². The number of hydrogen-bond donors (Lipinski definition) is 0. The standard InChI is InChI=1S/C5H10NO2/c1-3-6-8-5-4-7-2/h3H,1,4-5H2,2H3. The molecule has 0 aromatic rings. The van der Waals surface area contributed by atoms with E-state index in [-0.39, 0.29) is 0 Å². The fraction of sp³-hybridized carbons (Fsp3) is 0.600. The number of rotatable bonds is 4. The molecule has 0 aromatic carbocycles. The summed E-state index contributed by atoms with van der Waals surface area (Å²) < 4.78 is 4.67. The van der Waals surface area contributed by atoms with Gasteiger partial charge in [0, 0.05) is 13.3 Å². The van der Waals surface area contributed by atoms with Crippen LogP contribution >= 0.6 is 0 Å². The monoisotopic (exact) mass is 116 g/mol. The molecule has 0 aliphatic rings. The van der Waals surface area contributed by atoms with Crippen LogP contribution < -0.4 is 0 Å². The lowest BCUT2D eigenvalue weighted by atomic mass is 10.8. The summed E-state index contributed by atoms with van der Waals surface area (Å²) in [7, 11) is 1.61. The molecule has 0 unspecified atom stereocenters. The number of ether oxygens (including phenoxy) is 1. The average Bonchev–Trinajstić information content (AvgIpc) is 1.81. The zero-order chi connectivity index (χ0) is 6.24. The highest BCUT2D eigenvalue weighted by molar-refractivity contribution is 5.60. The van der Waals surface area contributed by atoms with Crippen LogP contribution in [0, 0.1) is 6.92 Å². The highest BCUT2D eigenvalue weighted by Gasteiger charge is 1.77. The summed E-state index contributed by atoms with van der Waals surface area (Å²) in [4.78, 5) is 4.61. The Kier molecular flexibility index (Phi) is 5.97.